The molecule has 0 aliphatic heterocycles. The van der Waals surface area contributed by atoms with Gasteiger partial charge in [0.15, 0.2) is 9.84 Å². The van der Waals surface area contributed by atoms with Crippen molar-refractivity contribution in [1.82, 2.24) is 0 Å². The molecule has 82 valence electrons. The molecule has 15 heavy (non-hydrogen) atoms. The average molecular weight is 227 g/mol. The molecule has 0 bridgehead atoms. The van der Waals surface area contributed by atoms with Gasteiger partial charge in [0.1, 0.15) is 5.75 Å². The fraction of sp³-hybridized carbons (Fsp3) is 0.200. The van der Waals surface area contributed by atoms with Crippen molar-refractivity contribution in [2.75, 3.05) is 13.4 Å². The molecule has 0 aromatic heterocycles. The van der Waals surface area contributed by atoms with Crippen LogP contribution in [0.3, 0.4) is 0 Å². The van der Waals surface area contributed by atoms with Gasteiger partial charge >= 0.3 is 0 Å². The van der Waals surface area contributed by atoms with Crippen LogP contribution in [0.4, 0.5) is 0 Å². The van der Waals surface area contributed by atoms with Gasteiger partial charge in [0.25, 0.3) is 0 Å². The number of sulfone groups is 1. The Hall–Kier alpha value is -1.49. The summed E-state index contributed by atoms with van der Waals surface area (Å²) in [5, 5.41) is 12.1. The van der Waals surface area contributed by atoms with Crippen molar-refractivity contribution < 1.29 is 18.3 Å². The molecular formula is C10H11O4S-. The van der Waals surface area contributed by atoms with E-state index in [0.717, 1.165) is 6.26 Å². The fourth-order valence-corrected chi connectivity index (χ4v) is 1.54. The first kappa shape index (κ1) is 11.6. The van der Waals surface area contributed by atoms with Gasteiger partial charge in [0.2, 0.25) is 0 Å². The molecule has 0 radical (unpaired) electrons. The number of rotatable bonds is 3. The minimum absolute atomic E-state index is 0.321. The number of hydrogen-bond acceptors (Lipinski definition) is 4. The molecule has 0 amide bonds. The van der Waals surface area contributed by atoms with Crippen LogP contribution in [-0.2, 0) is 9.84 Å². The lowest BCUT2D eigenvalue weighted by atomic mass is 10.2. The second-order valence-electron chi connectivity index (χ2n) is 3.04. The van der Waals surface area contributed by atoms with Crippen molar-refractivity contribution >= 4 is 15.6 Å². The highest BCUT2D eigenvalue weighted by molar-refractivity contribution is 7.93. The summed E-state index contributed by atoms with van der Waals surface area (Å²) in [5.41, 5.74) is 0.321. The molecule has 0 aliphatic carbocycles. The first-order valence-corrected chi connectivity index (χ1v) is 6.11. The Balaban J connectivity index is 3.02. The summed E-state index contributed by atoms with van der Waals surface area (Å²) in [5.74, 6) is 0.0889. The van der Waals surface area contributed by atoms with E-state index in [1.807, 2.05) is 0 Å². The van der Waals surface area contributed by atoms with Gasteiger partial charge in [-0.1, -0.05) is 17.9 Å². The summed E-state index contributed by atoms with van der Waals surface area (Å²) < 4.78 is 26.6. The predicted octanol–water partition coefficient (Wildman–Crippen LogP) is 0.398. The van der Waals surface area contributed by atoms with Crippen molar-refractivity contribution in [3.05, 3.63) is 35.2 Å². The lowest BCUT2D eigenvalue weighted by Crippen LogP contribution is -2.05. The van der Waals surface area contributed by atoms with Gasteiger partial charge in [-0.05, 0) is 17.7 Å². The van der Waals surface area contributed by atoms with Crippen molar-refractivity contribution in [1.29, 1.82) is 0 Å². The molecule has 1 rings (SSSR count). The summed E-state index contributed by atoms with van der Waals surface area (Å²) in [6.07, 6.45) is 0.981. The molecule has 0 aliphatic rings. The lowest BCUT2D eigenvalue weighted by Gasteiger charge is -2.11. The third kappa shape index (κ3) is 3.63. The maximum atomic E-state index is 11.4. The zero-order chi connectivity index (χ0) is 11.5. The van der Waals surface area contributed by atoms with Crippen LogP contribution in [0.25, 0.3) is 5.76 Å². The minimum Gasteiger partial charge on any atom is -0.872 e. The normalized spacial score (nSPS) is 12.5. The topological polar surface area (TPSA) is 66.4 Å². The number of methoxy groups -OCH3 is 1. The van der Waals surface area contributed by atoms with E-state index in [4.69, 9.17) is 4.74 Å². The highest BCUT2D eigenvalue weighted by Crippen LogP contribution is 2.15. The van der Waals surface area contributed by atoms with E-state index in [-0.39, 0.29) is 0 Å². The Labute approximate surface area is 88.7 Å². The Kier molecular flexibility index (Phi) is 3.36. The third-order valence-electron chi connectivity index (χ3n) is 1.70. The van der Waals surface area contributed by atoms with Crippen molar-refractivity contribution in [2.45, 2.75) is 0 Å². The summed E-state index contributed by atoms with van der Waals surface area (Å²) in [6.45, 7) is 0. The molecule has 5 heteroatoms. The molecular weight excluding hydrogens is 216 g/mol. The molecule has 0 spiro atoms. The summed E-state index contributed by atoms with van der Waals surface area (Å²) in [4.78, 5) is 0. The van der Waals surface area contributed by atoms with E-state index in [0.29, 0.717) is 16.7 Å². The Morgan fingerprint density at radius 2 is 1.87 bits per heavy atom. The van der Waals surface area contributed by atoms with E-state index in [9.17, 15) is 13.5 Å². The molecule has 0 atom stereocenters. The zero-order valence-corrected chi connectivity index (χ0v) is 9.24. The first-order valence-electron chi connectivity index (χ1n) is 4.15. The van der Waals surface area contributed by atoms with Crippen LogP contribution in [0.5, 0.6) is 5.75 Å². The Morgan fingerprint density at radius 1 is 1.33 bits per heavy atom. The molecule has 0 heterocycles. The van der Waals surface area contributed by atoms with Gasteiger partial charge in [-0.15, -0.1) is 0 Å². The molecule has 0 saturated carbocycles. The van der Waals surface area contributed by atoms with Gasteiger partial charge in [-0.3, -0.25) is 0 Å². The van der Waals surface area contributed by atoms with E-state index >= 15 is 0 Å². The van der Waals surface area contributed by atoms with Gasteiger partial charge in [0.05, 0.1) is 7.11 Å². The van der Waals surface area contributed by atoms with E-state index in [1.165, 1.54) is 19.2 Å². The summed E-state index contributed by atoms with van der Waals surface area (Å²) in [6, 6.07) is 6.23. The SMILES string of the molecule is COc1ccc(/C([O-])=C/S(C)(=O)=O)cc1. The third-order valence-corrected chi connectivity index (χ3v) is 2.34. The highest BCUT2D eigenvalue weighted by atomic mass is 32.2. The first-order chi connectivity index (χ1) is 6.92. The van der Waals surface area contributed by atoms with Crippen LogP contribution in [0.1, 0.15) is 5.56 Å². The molecule has 0 N–H and O–H groups in total. The van der Waals surface area contributed by atoms with E-state index in [1.54, 1.807) is 12.1 Å². The van der Waals surface area contributed by atoms with Crippen LogP contribution in [0.2, 0.25) is 0 Å². The summed E-state index contributed by atoms with van der Waals surface area (Å²) in [7, 11) is -1.88. The molecule has 0 saturated heterocycles. The smallest absolute Gasteiger partial charge is 0.168 e. The Morgan fingerprint density at radius 3 is 2.27 bits per heavy atom. The zero-order valence-electron chi connectivity index (χ0n) is 8.43. The fourth-order valence-electron chi connectivity index (χ4n) is 1.02. The van der Waals surface area contributed by atoms with Crippen LogP contribution in [0.15, 0.2) is 29.7 Å². The average Bonchev–Trinajstić information content (AvgIpc) is 2.15. The molecule has 0 unspecified atom stereocenters. The number of ether oxygens (including phenoxy) is 1. The van der Waals surface area contributed by atoms with Crippen molar-refractivity contribution in [3.63, 3.8) is 0 Å². The molecule has 1 aromatic carbocycles. The maximum Gasteiger partial charge on any atom is 0.168 e. The van der Waals surface area contributed by atoms with Gasteiger partial charge < -0.3 is 9.84 Å². The largest absolute Gasteiger partial charge is 0.872 e. The predicted molar refractivity (Wildman–Crippen MR) is 55.8 cm³/mol. The second kappa shape index (κ2) is 4.35. The standard InChI is InChI=1S/C10H12O4S/c1-14-9-5-3-8(4-6-9)10(11)7-15(2,12)13/h3-7,11H,1-2H3/p-1/b10-7-. The number of hydrogen-bond donors (Lipinski definition) is 0. The minimum atomic E-state index is -3.39. The van der Waals surface area contributed by atoms with E-state index < -0.39 is 15.6 Å². The lowest BCUT2D eigenvalue weighted by molar-refractivity contribution is -0.243. The highest BCUT2D eigenvalue weighted by Gasteiger charge is 1.97. The maximum absolute atomic E-state index is 11.4. The number of benzene rings is 1. The van der Waals surface area contributed by atoms with Crippen LogP contribution in [0, 0.1) is 0 Å². The van der Waals surface area contributed by atoms with Crippen LogP contribution >= 0.6 is 0 Å². The van der Waals surface area contributed by atoms with Crippen molar-refractivity contribution in [2.24, 2.45) is 0 Å². The van der Waals surface area contributed by atoms with Crippen LogP contribution < -0.4 is 9.84 Å². The van der Waals surface area contributed by atoms with Crippen LogP contribution in [-0.4, -0.2) is 21.8 Å². The van der Waals surface area contributed by atoms with Gasteiger partial charge in [0, 0.05) is 11.7 Å². The molecule has 4 nitrogen and oxygen atoms in total. The van der Waals surface area contributed by atoms with Gasteiger partial charge in [-0.25, -0.2) is 8.42 Å². The summed E-state index contributed by atoms with van der Waals surface area (Å²) >= 11 is 0. The van der Waals surface area contributed by atoms with E-state index in [2.05, 4.69) is 0 Å². The Bertz CT molecular complexity index is 457. The van der Waals surface area contributed by atoms with Crippen molar-refractivity contribution in [3.8, 4) is 5.75 Å². The van der Waals surface area contributed by atoms with Gasteiger partial charge in [-0.2, -0.15) is 0 Å². The quantitative estimate of drug-likeness (QED) is 0.701. The molecule has 1 aromatic rings. The monoisotopic (exact) mass is 227 g/mol. The molecule has 0 fully saturated rings. The second-order valence-corrected chi connectivity index (χ2v) is 4.93.